The predicted molar refractivity (Wildman–Crippen MR) is 78.9 cm³/mol. The molecule has 21 heavy (non-hydrogen) atoms. The topological polar surface area (TPSA) is 76.6 Å². The maximum atomic E-state index is 11.7. The van der Waals surface area contributed by atoms with Gasteiger partial charge in [0.1, 0.15) is 5.03 Å². The Bertz CT molecular complexity index is 522. The molecule has 1 atom stereocenters. The lowest BCUT2D eigenvalue weighted by molar-refractivity contribution is -0.197. The number of hydrogen-bond donors (Lipinski definition) is 0. The van der Waals surface area contributed by atoms with Gasteiger partial charge >= 0.3 is 5.97 Å². The molecule has 6 nitrogen and oxygen atoms in total. The van der Waals surface area contributed by atoms with E-state index in [2.05, 4.69) is 4.98 Å². The number of hydrogen-bond acceptors (Lipinski definition) is 7. The zero-order valence-electron chi connectivity index (χ0n) is 11.4. The lowest BCUT2D eigenvalue weighted by atomic mass is 10.3. The van der Waals surface area contributed by atoms with E-state index in [0.29, 0.717) is 5.06 Å². The van der Waals surface area contributed by atoms with Gasteiger partial charge in [-0.1, -0.05) is 23.8 Å². The van der Waals surface area contributed by atoms with Crippen molar-refractivity contribution in [3.8, 4) is 0 Å². The van der Waals surface area contributed by atoms with Crippen LogP contribution in [0.25, 0.3) is 0 Å². The van der Waals surface area contributed by atoms with Crippen LogP contribution in [0.5, 0.6) is 0 Å². The van der Waals surface area contributed by atoms with E-state index in [1.807, 2.05) is 25.1 Å². The molecule has 1 saturated heterocycles. The fourth-order valence-electron chi connectivity index (χ4n) is 1.59. The molecule has 0 aliphatic carbocycles. The second-order valence-corrected chi connectivity index (χ2v) is 7.07. The molecule has 112 valence electrons. The molecule has 2 rings (SSSR count). The van der Waals surface area contributed by atoms with Crippen LogP contribution < -0.4 is 0 Å². The molecule has 1 aliphatic heterocycles. The Morgan fingerprint density at radius 1 is 1.38 bits per heavy atom. The average molecular weight is 326 g/mol. The first-order valence-corrected chi connectivity index (χ1v) is 8.58. The van der Waals surface area contributed by atoms with Crippen molar-refractivity contribution in [3.05, 3.63) is 24.4 Å². The molecule has 8 heteroatoms. The third-order valence-corrected chi connectivity index (χ3v) is 5.38. The highest BCUT2D eigenvalue weighted by atomic mass is 33.1. The minimum Gasteiger partial charge on any atom is -0.330 e. The minimum absolute atomic E-state index is 0.0303. The van der Waals surface area contributed by atoms with Gasteiger partial charge in [0.25, 0.3) is 11.8 Å². The summed E-state index contributed by atoms with van der Waals surface area (Å²) >= 11 is 0. The molecule has 1 aliphatic rings. The Kier molecular flexibility index (Phi) is 5.63. The van der Waals surface area contributed by atoms with Crippen molar-refractivity contribution >= 4 is 39.4 Å². The summed E-state index contributed by atoms with van der Waals surface area (Å²) in [6.45, 7) is 1.87. The second kappa shape index (κ2) is 7.46. The van der Waals surface area contributed by atoms with E-state index in [1.54, 1.807) is 6.20 Å². The second-order valence-electron chi connectivity index (χ2n) is 4.41. The Hall–Kier alpha value is -1.54. The number of rotatable bonds is 6. The predicted octanol–water partition coefficient (Wildman–Crippen LogP) is 2.21. The molecule has 0 aromatic carbocycles. The third-order valence-electron chi connectivity index (χ3n) is 2.59. The molecule has 2 heterocycles. The summed E-state index contributed by atoms with van der Waals surface area (Å²) in [7, 11) is 2.95. The molecule has 0 N–H and O–H groups in total. The fraction of sp³-hybridized carbons (Fsp3) is 0.385. The molecule has 0 spiro atoms. The minimum atomic E-state index is -0.583. The molecule has 1 aromatic heterocycles. The highest BCUT2D eigenvalue weighted by Gasteiger charge is 2.33. The van der Waals surface area contributed by atoms with Gasteiger partial charge in [-0.2, -0.15) is 0 Å². The van der Waals surface area contributed by atoms with Gasteiger partial charge in [0.15, 0.2) is 0 Å². The van der Waals surface area contributed by atoms with Gasteiger partial charge in [-0.05, 0) is 22.9 Å². The number of pyridine rings is 1. The summed E-state index contributed by atoms with van der Waals surface area (Å²) in [6.07, 6.45) is 2.02. The number of amides is 2. The fourth-order valence-corrected chi connectivity index (χ4v) is 3.59. The molecular weight excluding hydrogens is 312 g/mol. The summed E-state index contributed by atoms with van der Waals surface area (Å²) in [5, 5.41) is 1.40. The Balaban J connectivity index is 1.74. The Labute approximate surface area is 130 Å². The summed E-state index contributed by atoms with van der Waals surface area (Å²) in [6, 6.07) is 5.60. The van der Waals surface area contributed by atoms with E-state index < -0.39 is 17.8 Å². The Morgan fingerprint density at radius 3 is 2.71 bits per heavy atom. The van der Waals surface area contributed by atoms with Gasteiger partial charge in [0.2, 0.25) is 0 Å². The summed E-state index contributed by atoms with van der Waals surface area (Å²) in [5.41, 5.74) is 0. The number of aromatic nitrogens is 1. The number of nitrogens with zero attached hydrogens (tertiary/aromatic N) is 2. The lowest BCUT2D eigenvalue weighted by Gasteiger charge is -2.14. The third kappa shape index (κ3) is 4.75. The lowest BCUT2D eigenvalue weighted by Crippen LogP contribution is -2.32. The molecule has 2 amide bonds. The highest BCUT2D eigenvalue weighted by Crippen LogP contribution is 2.34. The SMILES string of the molecule is C[C@@H](CC(=O)ON1C(=O)CCC1=O)SSc1ccccn1. The number of hydroxylamine groups is 2. The molecule has 1 aromatic rings. The van der Waals surface area contributed by atoms with Gasteiger partial charge < -0.3 is 4.84 Å². The van der Waals surface area contributed by atoms with Crippen molar-refractivity contribution in [2.24, 2.45) is 0 Å². The van der Waals surface area contributed by atoms with E-state index in [4.69, 9.17) is 4.84 Å². The zero-order chi connectivity index (χ0) is 15.2. The molecule has 0 unspecified atom stereocenters. The van der Waals surface area contributed by atoms with Crippen molar-refractivity contribution in [1.82, 2.24) is 10.0 Å². The van der Waals surface area contributed by atoms with Crippen LogP contribution in [0.3, 0.4) is 0 Å². The van der Waals surface area contributed by atoms with Gasteiger partial charge in [-0.15, -0.1) is 5.06 Å². The van der Waals surface area contributed by atoms with Crippen molar-refractivity contribution in [1.29, 1.82) is 0 Å². The van der Waals surface area contributed by atoms with Crippen LogP contribution in [-0.2, 0) is 19.2 Å². The quantitative estimate of drug-likeness (QED) is 0.586. The van der Waals surface area contributed by atoms with Crippen molar-refractivity contribution in [3.63, 3.8) is 0 Å². The van der Waals surface area contributed by atoms with E-state index >= 15 is 0 Å². The van der Waals surface area contributed by atoms with Crippen molar-refractivity contribution in [2.45, 2.75) is 36.5 Å². The van der Waals surface area contributed by atoms with E-state index in [0.717, 1.165) is 5.03 Å². The van der Waals surface area contributed by atoms with Gasteiger partial charge in [-0.3, -0.25) is 9.59 Å². The van der Waals surface area contributed by atoms with Crippen LogP contribution in [-0.4, -0.2) is 33.1 Å². The van der Waals surface area contributed by atoms with E-state index in [-0.39, 0.29) is 24.5 Å². The van der Waals surface area contributed by atoms with Crippen molar-refractivity contribution in [2.75, 3.05) is 0 Å². The molecule has 0 bridgehead atoms. The first-order chi connectivity index (χ1) is 10.1. The number of carbonyl (C=O) groups is 3. The van der Waals surface area contributed by atoms with Gasteiger partial charge in [-0.25, -0.2) is 9.78 Å². The maximum absolute atomic E-state index is 11.7. The van der Waals surface area contributed by atoms with Gasteiger partial charge in [0.05, 0.1) is 6.42 Å². The Morgan fingerprint density at radius 2 is 2.10 bits per heavy atom. The number of imide groups is 1. The van der Waals surface area contributed by atoms with Gasteiger partial charge in [0, 0.05) is 24.3 Å². The molecule has 0 saturated carbocycles. The zero-order valence-corrected chi connectivity index (χ0v) is 13.0. The monoisotopic (exact) mass is 326 g/mol. The summed E-state index contributed by atoms with van der Waals surface area (Å²) < 4.78 is 0. The maximum Gasteiger partial charge on any atom is 0.334 e. The van der Waals surface area contributed by atoms with Crippen LogP contribution >= 0.6 is 21.6 Å². The van der Waals surface area contributed by atoms with Crippen molar-refractivity contribution < 1.29 is 19.2 Å². The summed E-state index contributed by atoms with van der Waals surface area (Å²) in [5.74, 6) is -1.51. The van der Waals surface area contributed by atoms with Crippen LogP contribution in [0.2, 0.25) is 0 Å². The van der Waals surface area contributed by atoms with E-state index in [9.17, 15) is 14.4 Å². The molecule has 0 radical (unpaired) electrons. The largest absolute Gasteiger partial charge is 0.334 e. The standard InChI is InChI=1S/C13H14N2O4S2/c1-9(20-21-10-4-2-3-7-14-10)8-13(18)19-15-11(16)5-6-12(15)17/h2-4,7,9H,5-6,8H2,1H3/t9-/m0/s1. The highest BCUT2D eigenvalue weighted by molar-refractivity contribution is 8.76. The normalized spacial score (nSPS) is 16.1. The van der Waals surface area contributed by atoms with Crippen LogP contribution in [0.1, 0.15) is 26.2 Å². The first-order valence-electron chi connectivity index (χ1n) is 6.37. The summed E-state index contributed by atoms with van der Waals surface area (Å²) in [4.78, 5) is 43.3. The smallest absolute Gasteiger partial charge is 0.330 e. The van der Waals surface area contributed by atoms with Crippen LogP contribution in [0, 0.1) is 0 Å². The molecular formula is C13H14N2O4S2. The van der Waals surface area contributed by atoms with E-state index in [1.165, 1.54) is 21.6 Å². The van der Waals surface area contributed by atoms with Crippen LogP contribution in [0.15, 0.2) is 29.4 Å². The van der Waals surface area contributed by atoms with Crippen LogP contribution in [0.4, 0.5) is 0 Å². The first kappa shape index (κ1) is 15.8. The number of carbonyl (C=O) groups excluding carboxylic acids is 3. The molecule has 1 fully saturated rings. The average Bonchev–Trinajstić information content (AvgIpc) is 2.78.